The number of thiocarbonyl (C=S) groups is 1. The second kappa shape index (κ2) is 4.97. The molecule has 1 amide bonds. The molecule has 0 saturated carbocycles. The number of sulfonamides is 1. The number of nitrogens with zero attached hydrogens (tertiary/aromatic N) is 2. The van der Waals surface area contributed by atoms with Gasteiger partial charge in [-0.15, -0.1) is 11.3 Å². The summed E-state index contributed by atoms with van der Waals surface area (Å²) in [6.45, 7) is -0.366. The van der Waals surface area contributed by atoms with Gasteiger partial charge in [-0.2, -0.15) is 0 Å². The highest BCUT2D eigenvalue weighted by Gasteiger charge is 2.35. The molecule has 0 bridgehead atoms. The van der Waals surface area contributed by atoms with Crippen molar-refractivity contribution in [3.63, 3.8) is 0 Å². The molecule has 0 unspecified atom stereocenters. The van der Waals surface area contributed by atoms with Crippen LogP contribution >= 0.6 is 23.6 Å². The average Bonchev–Trinajstić information content (AvgIpc) is 3.01. The van der Waals surface area contributed by atoms with Crippen LogP contribution < -0.4 is 5.32 Å². The molecule has 0 atom stereocenters. The molecule has 11 heteroatoms. The van der Waals surface area contributed by atoms with E-state index in [1.165, 1.54) is 24.3 Å². The molecule has 114 valence electrons. The highest BCUT2D eigenvalue weighted by Crippen LogP contribution is 2.33. The van der Waals surface area contributed by atoms with Gasteiger partial charge in [-0.3, -0.25) is 14.9 Å². The van der Waals surface area contributed by atoms with Crippen molar-refractivity contribution in [2.75, 3.05) is 6.54 Å². The van der Waals surface area contributed by atoms with Crippen molar-refractivity contribution in [3.8, 4) is 0 Å². The number of amides is 1. The third kappa shape index (κ3) is 2.32. The van der Waals surface area contributed by atoms with Crippen LogP contribution in [0.15, 0.2) is 28.5 Å². The Balaban J connectivity index is 2.08. The normalized spacial score (nSPS) is 15.4. The fourth-order valence-corrected chi connectivity index (χ4v) is 5.23. The van der Waals surface area contributed by atoms with E-state index in [9.17, 15) is 23.3 Å². The average molecular weight is 357 g/mol. The number of hydrogen-bond acceptors (Lipinski definition) is 7. The molecule has 2 heterocycles. The standard InChI is InChI=1S/C11H7N3O5S3/c15-9-5-13(11(20)12-9)22(18,19)10-4-6-3-7(14(16)17)1-2-8(6)21-10/h1-4H,5H2,(H,12,15,20). The van der Waals surface area contributed by atoms with Crippen LogP contribution in [0.3, 0.4) is 0 Å². The minimum Gasteiger partial charge on any atom is -0.301 e. The third-order valence-corrected chi connectivity index (χ3v) is 6.74. The molecule has 1 saturated heterocycles. The van der Waals surface area contributed by atoms with Crippen molar-refractivity contribution in [2.45, 2.75) is 4.21 Å². The van der Waals surface area contributed by atoms with Crippen LogP contribution in [0.25, 0.3) is 10.1 Å². The predicted molar refractivity (Wildman–Crippen MR) is 83.1 cm³/mol. The fraction of sp³-hybridized carbons (Fsp3) is 0.0909. The summed E-state index contributed by atoms with van der Waals surface area (Å²) in [6.07, 6.45) is 0. The van der Waals surface area contributed by atoms with Gasteiger partial charge in [0.25, 0.3) is 15.7 Å². The first kappa shape index (κ1) is 14.8. The number of fused-ring (bicyclic) bond motifs is 1. The number of nitro groups is 1. The van der Waals surface area contributed by atoms with E-state index in [4.69, 9.17) is 12.2 Å². The van der Waals surface area contributed by atoms with Gasteiger partial charge in [0.15, 0.2) is 5.11 Å². The lowest BCUT2D eigenvalue weighted by Gasteiger charge is -2.13. The lowest BCUT2D eigenvalue weighted by atomic mass is 10.2. The maximum absolute atomic E-state index is 12.5. The van der Waals surface area contributed by atoms with Crippen LogP contribution in [0.1, 0.15) is 0 Å². The summed E-state index contributed by atoms with van der Waals surface area (Å²) in [7, 11) is -3.96. The Hall–Kier alpha value is -2.11. The van der Waals surface area contributed by atoms with Crippen LogP contribution in [0, 0.1) is 10.1 Å². The van der Waals surface area contributed by atoms with Crippen molar-refractivity contribution < 1.29 is 18.1 Å². The molecule has 22 heavy (non-hydrogen) atoms. The first-order valence-corrected chi connectivity index (χ1v) is 8.50. The molecular weight excluding hydrogens is 350 g/mol. The second-order valence-electron chi connectivity index (χ2n) is 4.41. The summed E-state index contributed by atoms with van der Waals surface area (Å²) in [6, 6.07) is 5.44. The Labute approximate surface area is 133 Å². The van der Waals surface area contributed by atoms with E-state index in [1.807, 2.05) is 0 Å². The molecule has 2 aromatic rings. The number of rotatable bonds is 3. The summed E-state index contributed by atoms with van der Waals surface area (Å²) in [4.78, 5) is 21.5. The summed E-state index contributed by atoms with van der Waals surface area (Å²) in [5, 5.41) is 13.3. The highest BCUT2D eigenvalue weighted by atomic mass is 32.2. The summed E-state index contributed by atoms with van der Waals surface area (Å²) >= 11 is 5.80. The van der Waals surface area contributed by atoms with Gasteiger partial charge >= 0.3 is 0 Å². The molecule has 1 fully saturated rings. The lowest BCUT2D eigenvalue weighted by molar-refractivity contribution is -0.384. The Morgan fingerprint density at radius 2 is 2.09 bits per heavy atom. The summed E-state index contributed by atoms with van der Waals surface area (Å²) in [5.74, 6) is -0.495. The molecule has 1 aliphatic heterocycles. The first-order chi connectivity index (χ1) is 10.3. The number of benzene rings is 1. The molecule has 1 N–H and O–H groups in total. The predicted octanol–water partition coefficient (Wildman–Crippen LogP) is 1.21. The van der Waals surface area contributed by atoms with Gasteiger partial charge in [0.05, 0.1) is 4.92 Å². The molecule has 1 aromatic carbocycles. The Morgan fingerprint density at radius 3 is 2.68 bits per heavy atom. The minimum atomic E-state index is -3.96. The lowest BCUT2D eigenvalue weighted by Crippen LogP contribution is -2.33. The number of carbonyl (C=O) groups is 1. The molecule has 1 aliphatic rings. The van der Waals surface area contributed by atoms with Crippen LogP contribution in [0.2, 0.25) is 0 Å². The topological polar surface area (TPSA) is 110 Å². The van der Waals surface area contributed by atoms with Crippen LogP contribution in [0.4, 0.5) is 5.69 Å². The molecule has 0 aliphatic carbocycles. The zero-order valence-corrected chi connectivity index (χ0v) is 13.1. The van der Waals surface area contributed by atoms with Crippen molar-refractivity contribution in [3.05, 3.63) is 34.4 Å². The molecule has 0 spiro atoms. The van der Waals surface area contributed by atoms with Crippen molar-refractivity contribution >= 4 is 60.4 Å². The zero-order valence-electron chi connectivity index (χ0n) is 10.7. The summed E-state index contributed by atoms with van der Waals surface area (Å²) < 4.78 is 26.4. The Kier molecular flexibility index (Phi) is 3.34. The van der Waals surface area contributed by atoms with E-state index >= 15 is 0 Å². The van der Waals surface area contributed by atoms with E-state index < -0.39 is 20.9 Å². The smallest absolute Gasteiger partial charge is 0.276 e. The van der Waals surface area contributed by atoms with Crippen molar-refractivity contribution in [1.82, 2.24) is 9.62 Å². The van der Waals surface area contributed by atoms with E-state index in [1.54, 1.807) is 0 Å². The maximum atomic E-state index is 12.5. The van der Waals surface area contributed by atoms with Gasteiger partial charge in [0.2, 0.25) is 5.91 Å². The van der Waals surface area contributed by atoms with E-state index in [0.717, 1.165) is 15.6 Å². The second-order valence-corrected chi connectivity index (χ2v) is 7.97. The molecule has 3 rings (SSSR count). The van der Waals surface area contributed by atoms with Crippen molar-refractivity contribution in [1.29, 1.82) is 0 Å². The van der Waals surface area contributed by atoms with Crippen molar-refractivity contribution in [2.24, 2.45) is 0 Å². The fourth-order valence-electron chi connectivity index (χ4n) is 1.97. The molecule has 0 radical (unpaired) electrons. The van der Waals surface area contributed by atoms with Gasteiger partial charge in [-0.05, 0) is 24.4 Å². The Morgan fingerprint density at radius 1 is 1.36 bits per heavy atom. The summed E-state index contributed by atoms with van der Waals surface area (Å²) in [5.41, 5.74) is -0.122. The number of nitro benzene ring substituents is 1. The molecule has 8 nitrogen and oxygen atoms in total. The Bertz CT molecular complexity index is 934. The number of hydrogen-bond donors (Lipinski definition) is 1. The largest absolute Gasteiger partial charge is 0.301 e. The van der Waals surface area contributed by atoms with Crippen LogP contribution in [0.5, 0.6) is 0 Å². The van der Waals surface area contributed by atoms with E-state index in [2.05, 4.69) is 5.32 Å². The minimum absolute atomic E-state index is 0.0261. The monoisotopic (exact) mass is 357 g/mol. The van der Waals surface area contributed by atoms with Gasteiger partial charge in [0, 0.05) is 22.2 Å². The maximum Gasteiger partial charge on any atom is 0.276 e. The number of thiophene rings is 1. The van der Waals surface area contributed by atoms with Gasteiger partial charge in [0.1, 0.15) is 10.8 Å². The third-order valence-electron chi connectivity index (χ3n) is 2.99. The number of non-ortho nitro benzene ring substituents is 1. The number of nitrogens with one attached hydrogen (secondary N) is 1. The van der Waals surface area contributed by atoms with Gasteiger partial charge in [-0.1, -0.05) is 0 Å². The van der Waals surface area contributed by atoms with E-state index in [0.29, 0.717) is 10.1 Å². The van der Waals surface area contributed by atoms with E-state index in [-0.39, 0.29) is 21.6 Å². The number of carbonyl (C=O) groups excluding carboxylic acids is 1. The van der Waals surface area contributed by atoms with Crippen LogP contribution in [-0.4, -0.2) is 35.2 Å². The molecule has 1 aromatic heterocycles. The first-order valence-electron chi connectivity index (χ1n) is 5.83. The quantitative estimate of drug-likeness (QED) is 0.502. The highest BCUT2D eigenvalue weighted by molar-refractivity contribution is 7.93. The van der Waals surface area contributed by atoms with Gasteiger partial charge < -0.3 is 5.32 Å². The SMILES string of the molecule is O=C1CN(S(=O)(=O)c2cc3cc([N+](=O)[O-])ccc3s2)C(=S)N1. The molecular formula is C11H7N3O5S3. The van der Waals surface area contributed by atoms with Crippen LogP contribution in [-0.2, 0) is 14.8 Å². The van der Waals surface area contributed by atoms with Gasteiger partial charge in [-0.25, -0.2) is 12.7 Å². The zero-order chi connectivity index (χ0) is 16.1.